The molecule has 0 saturated heterocycles. The van der Waals surface area contributed by atoms with Gasteiger partial charge >= 0.3 is 0 Å². The highest BCUT2D eigenvalue weighted by Crippen LogP contribution is 2.23. The maximum absolute atomic E-state index is 12.8. The molecular formula is C27H26N2O4S. The molecular weight excluding hydrogens is 448 g/mol. The van der Waals surface area contributed by atoms with Gasteiger partial charge in [0.1, 0.15) is 5.75 Å². The molecule has 4 aromatic carbocycles. The minimum absolute atomic E-state index is 0.105. The summed E-state index contributed by atoms with van der Waals surface area (Å²) in [5.41, 5.74) is 1.84. The molecule has 6 nitrogen and oxygen atoms in total. The molecule has 7 heteroatoms. The number of hydrogen-bond acceptors (Lipinski definition) is 4. The third kappa shape index (κ3) is 5.38. The van der Waals surface area contributed by atoms with E-state index in [2.05, 4.69) is 10.0 Å². The van der Waals surface area contributed by atoms with Crippen molar-refractivity contribution in [1.82, 2.24) is 0 Å². The third-order valence-corrected chi connectivity index (χ3v) is 6.87. The summed E-state index contributed by atoms with van der Waals surface area (Å²) in [6.45, 7) is 3.71. The summed E-state index contributed by atoms with van der Waals surface area (Å²) in [5, 5.41) is 4.94. The molecule has 0 aliphatic rings. The van der Waals surface area contributed by atoms with Crippen LogP contribution >= 0.6 is 0 Å². The van der Waals surface area contributed by atoms with Crippen molar-refractivity contribution in [3.63, 3.8) is 0 Å². The van der Waals surface area contributed by atoms with E-state index in [-0.39, 0.29) is 10.8 Å². The number of carbonyl (C=O) groups is 1. The van der Waals surface area contributed by atoms with Gasteiger partial charge in [-0.25, -0.2) is 8.42 Å². The smallest absolute Gasteiger partial charge is 0.265 e. The van der Waals surface area contributed by atoms with Crippen LogP contribution in [0.2, 0.25) is 0 Å². The molecule has 0 spiro atoms. The first-order valence-electron chi connectivity index (χ1n) is 11.0. The molecule has 0 fully saturated rings. The number of amides is 1. The summed E-state index contributed by atoms with van der Waals surface area (Å²) < 4.78 is 34.0. The minimum Gasteiger partial charge on any atom is -0.481 e. The van der Waals surface area contributed by atoms with Crippen molar-refractivity contribution in [2.24, 2.45) is 0 Å². The maximum Gasteiger partial charge on any atom is 0.265 e. The Bertz CT molecular complexity index is 1420. The molecule has 2 N–H and O–H groups in total. The predicted octanol–water partition coefficient (Wildman–Crippen LogP) is 5.75. The highest BCUT2D eigenvalue weighted by molar-refractivity contribution is 7.92. The summed E-state index contributed by atoms with van der Waals surface area (Å²) in [6, 6.07) is 26.9. The van der Waals surface area contributed by atoms with Gasteiger partial charge in [-0.05, 0) is 72.1 Å². The Morgan fingerprint density at radius 3 is 2.26 bits per heavy atom. The molecule has 0 saturated carbocycles. The summed E-state index contributed by atoms with van der Waals surface area (Å²) >= 11 is 0. The van der Waals surface area contributed by atoms with Gasteiger partial charge in [-0.1, -0.05) is 55.5 Å². The molecule has 174 valence electrons. The van der Waals surface area contributed by atoms with E-state index >= 15 is 0 Å². The van der Waals surface area contributed by atoms with Gasteiger partial charge in [-0.2, -0.15) is 0 Å². The number of rotatable bonds is 8. The second-order valence-corrected chi connectivity index (χ2v) is 9.64. The monoisotopic (exact) mass is 474 g/mol. The number of aryl methyl sites for hydroxylation is 1. The van der Waals surface area contributed by atoms with Crippen molar-refractivity contribution in [1.29, 1.82) is 0 Å². The van der Waals surface area contributed by atoms with Crippen LogP contribution in [0.15, 0.2) is 95.9 Å². The highest BCUT2D eigenvalue weighted by atomic mass is 32.2. The first-order valence-corrected chi connectivity index (χ1v) is 12.5. The molecule has 0 aromatic heterocycles. The number of nitrogens with one attached hydrogen (secondary N) is 2. The zero-order valence-corrected chi connectivity index (χ0v) is 19.8. The fraction of sp³-hybridized carbons (Fsp3) is 0.148. The second-order valence-electron chi connectivity index (χ2n) is 7.96. The van der Waals surface area contributed by atoms with Crippen LogP contribution in [0.1, 0.15) is 18.9 Å². The molecule has 34 heavy (non-hydrogen) atoms. The zero-order chi connectivity index (χ0) is 24.1. The molecule has 0 heterocycles. The van der Waals surface area contributed by atoms with Crippen LogP contribution in [0, 0.1) is 6.92 Å². The van der Waals surface area contributed by atoms with Crippen molar-refractivity contribution >= 4 is 38.1 Å². The second kappa shape index (κ2) is 9.97. The van der Waals surface area contributed by atoms with Crippen molar-refractivity contribution < 1.29 is 17.9 Å². The van der Waals surface area contributed by atoms with E-state index in [0.717, 1.165) is 16.3 Å². The van der Waals surface area contributed by atoms with E-state index in [4.69, 9.17) is 4.74 Å². The fourth-order valence-corrected chi connectivity index (χ4v) is 4.69. The fourth-order valence-electron chi connectivity index (χ4n) is 3.56. The van der Waals surface area contributed by atoms with Crippen molar-refractivity contribution in [3.05, 3.63) is 96.6 Å². The summed E-state index contributed by atoms with van der Waals surface area (Å²) in [7, 11) is -3.75. The van der Waals surface area contributed by atoms with Gasteiger partial charge in [0.25, 0.3) is 15.9 Å². The largest absolute Gasteiger partial charge is 0.481 e. The molecule has 4 rings (SSSR count). The van der Waals surface area contributed by atoms with Crippen LogP contribution in [0.25, 0.3) is 10.8 Å². The van der Waals surface area contributed by atoms with Crippen molar-refractivity contribution in [3.8, 4) is 5.75 Å². The summed E-state index contributed by atoms with van der Waals surface area (Å²) in [5.74, 6) is 0.314. The Kier molecular flexibility index (Phi) is 6.84. The summed E-state index contributed by atoms with van der Waals surface area (Å²) in [4.78, 5) is 12.9. The van der Waals surface area contributed by atoms with Gasteiger partial charge in [0, 0.05) is 5.69 Å². The molecule has 4 aromatic rings. The quantitative estimate of drug-likeness (QED) is 0.341. The number of carbonyl (C=O) groups excluding carboxylic acids is 1. The normalized spacial score (nSPS) is 12.2. The number of sulfonamides is 1. The van der Waals surface area contributed by atoms with Gasteiger partial charge in [0.2, 0.25) is 0 Å². The van der Waals surface area contributed by atoms with E-state index in [1.165, 1.54) is 12.1 Å². The number of anilines is 2. The van der Waals surface area contributed by atoms with E-state index in [0.29, 0.717) is 23.5 Å². The van der Waals surface area contributed by atoms with Crippen LogP contribution in [-0.2, 0) is 14.8 Å². The van der Waals surface area contributed by atoms with E-state index in [1.54, 1.807) is 24.3 Å². The standard InChI is InChI=1S/C27H26N2O4S/c1-3-26(33-23-15-12-20-9-5-6-10-21(20)18-23)27(30)28-22-13-16-24(17-14-22)34(31,32)29-25-11-7-4-8-19(25)2/h4-18,26,29H,3H2,1-2H3,(H,28,30)/t26-/m1/s1. The number of fused-ring (bicyclic) bond motifs is 1. The van der Waals surface area contributed by atoms with Gasteiger partial charge < -0.3 is 10.1 Å². The lowest BCUT2D eigenvalue weighted by Crippen LogP contribution is -2.32. The molecule has 0 aliphatic heterocycles. The van der Waals surface area contributed by atoms with Gasteiger partial charge in [-0.15, -0.1) is 0 Å². The van der Waals surface area contributed by atoms with E-state index in [1.807, 2.05) is 68.4 Å². The lowest BCUT2D eigenvalue weighted by atomic mass is 10.1. The Hall–Kier alpha value is -3.84. The predicted molar refractivity (Wildman–Crippen MR) is 136 cm³/mol. The maximum atomic E-state index is 12.8. The molecule has 0 unspecified atom stereocenters. The molecule has 1 amide bonds. The van der Waals surface area contributed by atoms with Crippen molar-refractivity contribution in [2.75, 3.05) is 10.0 Å². The average molecular weight is 475 g/mol. The van der Waals surface area contributed by atoms with Crippen LogP contribution in [0.3, 0.4) is 0 Å². The van der Waals surface area contributed by atoms with Crippen LogP contribution in [-0.4, -0.2) is 20.4 Å². The Labute approximate surface area is 199 Å². The van der Waals surface area contributed by atoms with E-state index in [9.17, 15) is 13.2 Å². The SMILES string of the molecule is CC[C@@H](Oc1ccc2ccccc2c1)C(=O)Nc1ccc(S(=O)(=O)Nc2ccccc2C)cc1. The lowest BCUT2D eigenvalue weighted by molar-refractivity contribution is -0.122. The van der Waals surface area contributed by atoms with Gasteiger partial charge in [0.15, 0.2) is 6.10 Å². The number of para-hydroxylation sites is 1. The molecule has 1 atom stereocenters. The Morgan fingerprint density at radius 2 is 1.56 bits per heavy atom. The van der Waals surface area contributed by atoms with Crippen LogP contribution in [0.5, 0.6) is 5.75 Å². The van der Waals surface area contributed by atoms with Crippen molar-refractivity contribution in [2.45, 2.75) is 31.3 Å². The molecule has 0 radical (unpaired) electrons. The highest BCUT2D eigenvalue weighted by Gasteiger charge is 2.20. The molecule has 0 bridgehead atoms. The van der Waals surface area contributed by atoms with Gasteiger partial charge in [-0.3, -0.25) is 9.52 Å². The Balaban J connectivity index is 1.43. The van der Waals surface area contributed by atoms with Crippen LogP contribution in [0.4, 0.5) is 11.4 Å². The number of benzene rings is 4. The third-order valence-electron chi connectivity index (χ3n) is 5.48. The lowest BCUT2D eigenvalue weighted by Gasteiger charge is -2.18. The van der Waals surface area contributed by atoms with Crippen LogP contribution < -0.4 is 14.8 Å². The first-order chi connectivity index (χ1) is 16.4. The topological polar surface area (TPSA) is 84.5 Å². The average Bonchev–Trinajstić information content (AvgIpc) is 2.84. The van der Waals surface area contributed by atoms with Gasteiger partial charge in [0.05, 0.1) is 10.6 Å². The number of hydrogen-bond donors (Lipinski definition) is 2. The Morgan fingerprint density at radius 1 is 0.882 bits per heavy atom. The first kappa shape index (κ1) is 23.3. The van der Waals surface area contributed by atoms with E-state index < -0.39 is 16.1 Å². The zero-order valence-electron chi connectivity index (χ0n) is 19.0. The number of ether oxygens (including phenoxy) is 1. The summed E-state index contributed by atoms with van der Waals surface area (Å²) in [6.07, 6.45) is -0.210. The molecule has 0 aliphatic carbocycles. The minimum atomic E-state index is -3.75.